The Morgan fingerprint density at radius 1 is 1.32 bits per heavy atom. The van der Waals surface area contributed by atoms with Gasteiger partial charge in [-0.15, -0.1) is 0 Å². The van der Waals surface area contributed by atoms with Gasteiger partial charge in [-0.25, -0.2) is 9.18 Å². The molecule has 1 aromatic rings. The van der Waals surface area contributed by atoms with Crippen molar-refractivity contribution >= 4 is 6.09 Å². The van der Waals surface area contributed by atoms with Crippen LogP contribution in [-0.4, -0.2) is 29.2 Å². The summed E-state index contributed by atoms with van der Waals surface area (Å²) >= 11 is 0. The molecule has 0 bridgehead atoms. The van der Waals surface area contributed by atoms with E-state index in [2.05, 4.69) is 6.92 Å². The number of halogens is 1. The molecule has 1 amide bonds. The van der Waals surface area contributed by atoms with Gasteiger partial charge in [0.1, 0.15) is 11.4 Å². The predicted molar refractivity (Wildman–Crippen MR) is 85.2 cm³/mol. The summed E-state index contributed by atoms with van der Waals surface area (Å²) in [4.78, 5) is 14.2. The first-order chi connectivity index (χ1) is 10.3. The van der Waals surface area contributed by atoms with Crippen LogP contribution in [0.5, 0.6) is 0 Å². The standard InChI is InChI=1S/C18H26FNO2/c1-5-16-11-14(10-13-6-8-15(19)9-7-13)12-20(16)17(21)22-18(2,3)4/h6-9,14,16H,5,10-12H2,1-4H3. The lowest BCUT2D eigenvalue weighted by Gasteiger charge is -2.28. The number of benzene rings is 1. The van der Waals surface area contributed by atoms with E-state index in [9.17, 15) is 9.18 Å². The molecule has 0 radical (unpaired) electrons. The number of rotatable bonds is 3. The SMILES string of the molecule is CCC1CC(Cc2ccc(F)cc2)CN1C(=O)OC(C)(C)C. The fraction of sp³-hybridized carbons (Fsp3) is 0.611. The topological polar surface area (TPSA) is 29.5 Å². The number of carbonyl (C=O) groups is 1. The smallest absolute Gasteiger partial charge is 0.410 e. The minimum Gasteiger partial charge on any atom is -0.444 e. The normalized spacial score (nSPS) is 22.0. The molecule has 0 aliphatic carbocycles. The number of carbonyl (C=O) groups excluding carboxylic acids is 1. The average molecular weight is 307 g/mol. The van der Waals surface area contributed by atoms with E-state index in [1.165, 1.54) is 12.1 Å². The van der Waals surface area contributed by atoms with Crippen molar-refractivity contribution < 1.29 is 13.9 Å². The second kappa shape index (κ2) is 6.67. The lowest BCUT2D eigenvalue weighted by molar-refractivity contribution is 0.0219. The second-order valence-corrected chi connectivity index (χ2v) is 7.13. The van der Waals surface area contributed by atoms with Crippen LogP contribution in [-0.2, 0) is 11.2 Å². The molecule has 122 valence electrons. The van der Waals surface area contributed by atoms with E-state index in [1.807, 2.05) is 37.8 Å². The summed E-state index contributed by atoms with van der Waals surface area (Å²) in [7, 11) is 0. The minimum absolute atomic E-state index is 0.211. The summed E-state index contributed by atoms with van der Waals surface area (Å²) in [5.41, 5.74) is 0.650. The van der Waals surface area contributed by atoms with Gasteiger partial charge in [-0.2, -0.15) is 0 Å². The zero-order valence-electron chi connectivity index (χ0n) is 13.9. The van der Waals surface area contributed by atoms with Crippen molar-refractivity contribution in [1.29, 1.82) is 0 Å². The first-order valence-electron chi connectivity index (χ1n) is 8.02. The number of likely N-dealkylation sites (tertiary alicyclic amines) is 1. The largest absolute Gasteiger partial charge is 0.444 e. The first kappa shape index (κ1) is 16.8. The molecule has 1 aliphatic rings. The zero-order chi connectivity index (χ0) is 16.3. The summed E-state index contributed by atoms with van der Waals surface area (Å²) in [5.74, 6) is 0.194. The zero-order valence-corrected chi connectivity index (χ0v) is 13.9. The molecular weight excluding hydrogens is 281 g/mol. The van der Waals surface area contributed by atoms with Gasteiger partial charge in [0, 0.05) is 12.6 Å². The Labute approximate surface area is 132 Å². The van der Waals surface area contributed by atoms with E-state index >= 15 is 0 Å². The fourth-order valence-corrected chi connectivity index (χ4v) is 3.05. The molecule has 22 heavy (non-hydrogen) atoms. The van der Waals surface area contributed by atoms with Gasteiger partial charge in [-0.3, -0.25) is 0 Å². The summed E-state index contributed by atoms with van der Waals surface area (Å²) in [6.07, 6.45) is 2.56. The molecule has 2 unspecified atom stereocenters. The highest BCUT2D eigenvalue weighted by molar-refractivity contribution is 5.69. The summed E-state index contributed by atoms with van der Waals surface area (Å²) in [6.45, 7) is 8.47. The van der Waals surface area contributed by atoms with Crippen molar-refractivity contribution in [2.24, 2.45) is 5.92 Å². The Kier molecular flexibility index (Phi) is 5.09. The van der Waals surface area contributed by atoms with Gasteiger partial charge in [0.25, 0.3) is 0 Å². The molecule has 4 heteroatoms. The number of nitrogens with zero attached hydrogens (tertiary/aromatic N) is 1. The van der Waals surface area contributed by atoms with Gasteiger partial charge in [0.2, 0.25) is 0 Å². The van der Waals surface area contributed by atoms with Crippen LogP contribution in [0.4, 0.5) is 9.18 Å². The van der Waals surface area contributed by atoms with Crippen LogP contribution in [0.1, 0.15) is 46.1 Å². The van der Waals surface area contributed by atoms with Crippen molar-refractivity contribution in [2.75, 3.05) is 6.54 Å². The molecular formula is C18H26FNO2. The van der Waals surface area contributed by atoms with Gasteiger partial charge in [0.15, 0.2) is 0 Å². The molecule has 0 spiro atoms. The third kappa shape index (κ3) is 4.46. The van der Waals surface area contributed by atoms with Crippen molar-refractivity contribution in [1.82, 2.24) is 4.90 Å². The number of hydrogen-bond acceptors (Lipinski definition) is 2. The molecule has 1 saturated heterocycles. The summed E-state index contributed by atoms with van der Waals surface area (Å²) in [5, 5.41) is 0. The maximum absolute atomic E-state index is 13.0. The Morgan fingerprint density at radius 3 is 2.50 bits per heavy atom. The van der Waals surface area contributed by atoms with Crippen LogP contribution in [0.25, 0.3) is 0 Å². The molecule has 1 fully saturated rings. The quantitative estimate of drug-likeness (QED) is 0.828. The van der Waals surface area contributed by atoms with Crippen LogP contribution in [0, 0.1) is 11.7 Å². The van der Waals surface area contributed by atoms with Crippen molar-refractivity contribution in [3.63, 3.8) is 0 Å². The third-order valence-corrected chi connectivity index (χ3v) is 4.04. The molecule has 0 aromatic heterocycles. The van der Waals surface area contributed by atoms with Gasteiger partial charge in [-0.05, 0) is 63.6 Å². The lowest BCUT2D eigenvalue weighted by atomic mass is 9.96. The van der Waals surface area contributed by atoms with E-state index in [0.29, 0.717) is 12.5 Å². The molecule has 1 aliphatic heterocycles. The highest BCUT2D eigenvalue weighted by Crippen LogP contribution is 2.29. The van der Waals surface area contributed by atoms with Crippen molar-refractivity contribution in [3.05, 3.63) is 35.6 Å². The minimum atomic E-state index is -0.468. The maximum Gasteiger partial charge on any atom is 0.410 e. The van der Waals surface area contributed by atoms with Crippen molar-refractivity contribution in [3.8, 4) is 0 Å². The Bertz CT molecular complexity index is 507. The lowest BCUT2D eigenvalue weighted by Crippen LogP contribution is -2.39. The predicted octanol–water partition coefficient (Wildman–Crippen LogP) is 4.40. The molecule has 2 rings (SSSR count). The molecule has 2 atom stereocenters. The molecule has 0 N–H and O–H groups in total. The number of ether oxygens (including phenoxy) is 1. The van der Waals surface area contributed by atoms with Crippen LogP contribution in [0.2, 0.25) is 0 Å². The average Bonchev–Trinajstić information content (AvgIpc) is 2.83. The molecule has 3 nitrogen and oxygen atoms in total. The number of amides is 1. The van der Waals surface area contributed by atoms with Gasteiger partial charge >= 0.3 is 6.09 Å². The van der Waals surface area contributed by atoms with E-state index < -0.39 is 5.60 Å². The maximum atomic E-state index is 13.0. The number of hydrogen-bond donors (Lipinski definition) is 0. The van der Waals surface area contributed by atoms with Crippen LogP contribution in [0.3, 0.4) is 0 Å². The van der Waals surface area contributed by atoms with Crippen LogP contribution in [0.15, 0.2) is 24.3 Å². The van der Waals surface area contributed by atoms with Crippen LogP contribution >= 0.6 is 0 Å². The van der Waals surface area contributed by atoms with Gasteiger partial charge < -0.3 is 9.64 Å². The van der Waals surface area contributed by atoms with Gasteiger partial charge in [0.05, 0.1) is 0 Å². The Balaban J connectivity index is 1.99. The Hall–Kier alpha value is -1.58. The van der Waals surface area contributed by atoms with Crippen molar-refractivity contribution in [2.45, 2.75) is 58.6 Å². The van der Waals surface area contributed by atoms with E-state index in [1.54, 1.807) is 0 Å². The third-order valence-electron chi connectivity index (χ3n) is 4.04. The molecule has 1 heterocycles. The molecule has 0 saturated carbocycles. The van der Waals surface area contributed by atoms with E-state index in [0.717, 1.165) is 24.8 Å². The van der Waals surface area contributed by atoms with Crippen LogP contribution < -0.4 is 0 Å². The fourth-order valence-electron chi connectivity index (χ4n) is 3.05. The summed E-state index contributed by atoms with van der Waals surface area (Å²) < 4.78 is 18.5. The summed E-state index contributed by atoms with van der Waals surface area (Å²) in [6, 6.07) is 6.87. The Morgan fingerprint density at radius 2 is 1.95 bits per heavy atom. The first-order valence-corrected chi connectivity index (χ1v) is 8.02. The monoisotopic (exact) mass is 307 g/mol. The highest BCUT2D eigenvalue weighted by atomic mass is 19.1. The van der Waals surface area contributed by atoms with E-state index in [4.69, 9.17) is 4.74 Å². The van der Waals surface area contributed by atoms with E-state index in [-0.39, 0.29) is 18.0 Å². The highest BCUT2D eigenvalue weighted by Gasteiger charge is 2.36. The second-order valence-electron chi connectivity index (χ2n) is 7.13. The van der Waals surface area contributed by atoms with Gasteiger partial charge in [-0.1, -0.05) is 19.1 Å². The molecule has 1 aromatic carbocycles.